The molecule has 0 aliphatic heterocycles. The highest BCUT2D eigenvalue weighted by molar-refractivity contribution is 4.76. The minimum atomic E-state index is 1.05. The van der Waals surface area contributed by atoms with Crippen LogP contribution in [0.15, 0.2) is 0 Å². The van der Waals surface area contributed by atoms with Crippen molar-refractivity contribution in [1.82, 2.24) is 0 Å². The lowest BCUT2D eigenvalue weighted by Gasteiger charge is -2.18. The van der Waals surface area contributed by atoms with Gasteiger partial charge in [0.2, 0.25) is 0 Å². The average molecular weight is 140 g/mol. The van der Waals surface area contributed by atoms with E-state index in [0.717, 1.165) is 17.8 Å². The Morgan fingerprint density at radius 1 is 0.900 bits per heavy atom. The summed E-state index contributed by atoms with van der Waals surface area (Å²) in [6.45, 7) is 6.90. The fourth-order valence-electron chi connectivity index (χ4n) is 1.12. The van der Waals surface area contributed by atoms with Crippen molar-refractivity contribution in [3.63, 3.8) is 0 Å². The molecule has 0 N–H and O–H groups in total. The van der Waals surface area contributed by atoms with Gasteiger partial charge in [-0.15, -0.1) is 0 Å². The molecule has 2 fully saturated rings. The SMILES string of the molecule is CC1CC1C.CC1CCC1. The largest absolute Gasteiger partial charge is 0.0625 e. The smallest absolute Gasteiger partial charge is 0.0414 e. The highest BCUT2D eigenvalue weighted by Crippen LogP contribution is 2.36. The monoisotopic (exact) mass is 140 g/mol. The zero-order valence-corrected chi connectivity index (χ0v) is 7.56. The van der Waals surface area contributed by atoms with Crippen molar-refractivity contribution in [2.45, 2.75) is 46.5 Å². The van der Waals surface area contributed by atoms with Crippen molar-refractivity contribution in [2.24, 2.45) is 17.8 Å². The predicted octanol–water partition coefficient (Wildman–Crippen LogP) is 3.47. The maximum absolute atomic E-state index is 2.31. The summed E-state index contributed by atoms with van der Waals surface area (Å²) >= 11 is 0. The summed E-state index contributed by atoms with van der Waals surface area (Å²) in [7, 11) is 0. The maximum atomic E-state index is 2.31. The first-order chi connectivity index (χ1) is 4.70. The molecule has 60 valence electrons. The maximum Gasteiger partial charge on any atom is -0.0414 e. The molecule has 2 saturated carbocycles. The van der Waals surface area contributed by atoms with Gasteiger partial charge in [0.15, 0.2) is 0 Å². The molecule has 0 aromatic carbocycles. The van der Waals surface area contributed by atoms with E-state index in [4.69, 9.17) is 0 Å². The third kappa shape index (κ3) is 2.72. The van der Waals surface area contributed by atoms with E-state index in [1.807, 2.05) is 0 Å². The molecule has 10 heavy (non-hydrogen) atoms. The lowest BCUT2D eigenvalue weighted by Crippen LogP contribution is -2.04. The number of hydrogen-bond acceptors (Lipinski definition) is 0. The topological polar surface area (TPSA) is 0 Å². The molecule has 0 bridgehead atoms. The molecular weight excluding hydrogens is 120 g/mol. The Morgan fingerprint density at radius 2 is 1.20 bits per heavy atom. The molecule has 2 aliphatic rings. The third-order valence-corrected chi connectivity index (χ3v) is 2.91. The van der Waals surface area contributed by atoms with E-state index in [1.54, 1.807) is 0 Å². The van der Waals surface area contributed by atoms with E-state index in [1.165, 1.54) is 25.7 Å². The van der Waals surface area contributed by atoms with Gasteiger partial charge in [-0.05, 0) is 24.2 Å². The van der Waals surface area contributed by atoms with Crippen LogP contribution in [0.3, 0.4) is 0 Å². The predicted molar refractivity (Wildman–Crippen MR) is 46.0 cm³/mol. The van der Waals surface area contributed by atoms with E-state index in [2.05, 4.69) is 20.8 Å². The van der Waals surface area contributed by atoms with E-state index in [9.17, 15) is 0 Å². The van der Waals surface area contributed by atoms with Crippen LogP contribution in [0.4, 0.5) is 0 Å². The molecule has 0 amide bonds. The Morgan fingerprint density at radius 3 is 1.20 bits per heavy atom. The molecule has 2 rings (SSSR count). The molecule has 0 heteroatoms. The van der Waals surface area contributed by atoms with Crippen molar-refractivity contribution >= 4 is 0 Å². The van der Waals surface area contributed by atoms with Gasteiger partial charge >= 0.3 is 0 Å². The van der Waals surface area contributed by atoms with Gasteiger partial charge in [0.05, 0.1) is 0 Å². The van der Waals surface area contributed by atoms with E-state index in [-0.39, 0.29) is 0 Å². The zero-order valence-electron chi connectivity index (χ0n) is 7.56. The average Bonchev–Trinajstić information content (AvgIpc) is 2.42. The van der Waals surface area contributed by atoms with E-state index < -0.39 is 0 Å². The molecule has 0 aromatic rings. The van der Waals surface area contributed by atoms with Crippen molar-refractivity contribution in [1.29, 1.82) is 0 Å². The first-order valence-corrected chi connectivity index (χ1v) is 4.70. The van der Waals surface area contributed by atoms with Gasteiger partial charge < -0.3 is 0 Å². The van der Waals surface area contributed by atoms with Crippen LogP contribution in [0.2, 0.25) is 0 Å². The fourth-order valence-corrected chi connectivity index (χ4v) is 1.12. The van der Waals surface area contributed by atoms with Gasteiger partial charge in [-0.1, -0.05) is 40.0 Å². The molecule has 0 saturated heterocycles. The Hall–Kier alpha value is 0. The summed E-state index contributed by atoms with van der Waals surface area (Å²) in [5.41, 5.74) is 0. The summed E-state index contributed by atoms with van der Waals surface area (Å²) in [5, 5.41) is 0. The summed E-state index contributed by atoms with van der Waals surface area (Å²) in [5.74, 6) is 3.17. The highest BCUT2D eigenvalue weighted by atomic mass is 14.3. The third-order valence-electron chi connectivity index (χ3n) is 2.91. The van der Waals surface area contributed by atoms with Crippen molar-refractivity contribution < 1.29 is 0 Å². The van der Waals surface area contributed by atoms with Gasteiger partial charge in [0, 0.05) is 0 Å². The van der Waals surface area contributed by atoms with Gasteiger partial charge in [-0.2, -0.15) is 0 Å². The minimum Gasteiger partial charge on any atom is -0.0625 e. The molecule has 0 nitrogen and oxygen atoms in total. The van der Waals surface area contributed by atoms with Crippen molar-refractivity contribution in [3.8, 4) is 0 Å². The zero-order chi connectivity index (χ0) is 7.56. The fraction of sp³-hybridized carbons (Fsp3) is 1.00. The van der Waals surface area contributed by atoms with Crippen LogP contribution >= 0.6 is 0 Å². The Bertz CT molecular complexity index is 82.2. The first-order valence-electron chi connectivity index (χ1n) is 4.70. The minimum absolute atomic E-state index is 1.05. The number of hydrogen-bond donors (Lipinski definition) is 0. The second-order valence-electron chi connectivity index (χ2n) is 4.23. The molecule has 0 radical (unpaired) electrons. The molecule has 0 aromatic heterocycles. The molecule has 2 unspecified atom stereocenters. The van der Waals surface area contributed by atoms with Crippen LogP contribution in [-0.4, -0.2) is 0 Å². The first kappa shape index (κ1) is 8.10. The van der Waals surface area contributed by atoms with Crippen LogP contribution in [-0.2, 0) is 0 Å². The van der Waals surface area contributed by atoms with Crippen LogP contribution in [0.1, 0.15) is 46.5 Å². The summed E-state index contributed by atoms with van der Waals surface area (Å²) < 4.78 is 0. The summed E-state index contributed by atoms with van der Waals surface area (Å²) in [6.07, 6.45) is 5.93. The van der Waals surface area contributed by atoms with Gasteiger partial charge in [0.1, 0.15) is 0 Å². The second kappa shape index (κ2) is 3.41. The second-order valence-corrected chi connectivity index (χ2v) is 4.23. The summed E-state index contributed by atoms with van der Waals surface area (Å²) in [4.78, 5) is 0. The van der Waals surface area contributed by atoms with Crippen molar-refractivity contribution in [3.05, 3.63) is 0 Å². The molecule has 2 aliphatic carbocycles. The van der Waals surface area contributed by atoms with Crippen LogP contribution in [0.25, 0.3) is 0 Å². The lowest BCUT2D eigenvalue weighted by atomic mass is 9.88. The molecule has 2 atom stereocenters. The van der Waals surface area contributed by atoms with Gasteiger partial charge in [-0.25, -0.2) is 0 Å². The molecular formula is C10H20. The van der Waals surface area contributed by atoms with Crippen LogP contribution < -0.4 is 0 Å². The Balaban J connectivity index is 0.0000001000. The van der Waals surface area contributed by atoms with Crippen LogP contribution in [0.5, 0.6) is 0 Å². The van der Waals surface area contributed by atoms with Crippen LogP contribution in [0, 0.1) is 17.8 Å². The molecule has 0 spiro atoms. The van der Waals surface area contributed by atoms with Gasteiger partial charge in [-0.3, -0.25) is 0 Å². The standard InChI is InChI=1S/2C5H10/c1-4-3-5(4)2;1-5-3-2-4-5/h4-5H,3H2,1-2H3;5H,2-4H2,1H3. The normalized spacial score (nSPS) is 37.5. The number of rotatable bonds is 0. The summed E-state index contributed by atoms with van der Waals surface area (Å²) in [6, 6.07) is 0. The van der Waals surface area contributed by atoms with E-state index in [0.29, 0.717) is 0 Å². The Kier molecular flexibility index (Phi) is 2.76. The van der Waals surface area contributed by atoms with Crippen molar-refractivity contribution in [2.75, 3.05) is 0 Å². The quantitative estimate of drug-likeness (QED) is 0.483. The Labute approximate surface area is 65.0 Å². The lowest BCUT2D eigenvalue weighted by molar-refractivity contribution is 0.346. The van der Waals surface area contributed by atoms with E-state index >= 15 is 0 Å². The van der Waals surface area contributed by atoms with Gasteiger partial charge in [0.25, 0.3) is 0 Å². The molecule has 0 heterocycles. The highest BCUT2D eigenvalue weighted by Gasteiger charge is 2.26.